The fraction of sp³-hybridized carbons (Fsp3) is 0.375. The molecule has 2 rings (SSSR count). The molecular formula is C16H19N3O4. The third-order valence-electron chi connectivity index (χ3n) is 3.42. The molecule has 1 aliphatic heterocycles. The van der Waals surface area contributed by atoms with E-state index in [2.05, 4.69) is 10.5 Å². The Morgan fingerprint density at radius 3 is 2.57 bits per heavy atom. The average Bonchev–Trinajstić information content (AvgIpc) is 2.57. The second kappa shape index (κ2) is 7.53. The maximum atomic E-state index is 12.5. The molecule has 1 aliphatic rings. The van der Waals surface area contributed by atoms with Crippen LogP contribution in [0.3, 0.4) is 0 Å². The zero-order chi connectivity index (χ0) is 16.8. The molecule has 0 aromatic heterocycles. The summed E-state index contributed by atoms with van der Waals surface area (Å²) < 4.78 is 5.18. The minimum Gasteiger partial charge on any atom is -0.448 e. The number of rotatable bonds is 5. The van der Waals surface area contributed by atoms with Crippen molar-refractivity contribution in [2.24, 2.45) is 5.10 Å². The second-order valence-electron chi connectivity index (χ2n) is 5.06. The largest absolute Gasteiger partial charge is 0.448 e. The smallest absolute Gasteiger partial charge is 0.355 e. The number of carbonyl (C=O) groups excluding carboxylic acids is 3. The highest BCUT2D eigenvalue weighted by atomic mass is 16.5. The number of amides is 2. The number of benzene rings is 1. The number of anilines is 1. The van der Waals surface area contributed by atoms with Gasteiger partial charge in [0.15, 0.2) is 6.10 Å². The molecular weight excluding hydrogens is 298 g/mol. The summed E-state index contributed by atoms with van der Waals surface area (Å²) in [6, 6.07) is 9.16. The molecule has 0 saturated heterocycles. The Balaban J connectivity index is 2.01. The maximum Gasteiger partial charge on any atom is 0.355 e. The Bertz CT molecular complexity index is 627. The minimum absolute atomic E-state index is 0.118. The van der Waals surface area contributed by atoms with Crippen molar-refractivity contribution in [1.82, 2.24) is 5.43 Å². The molecule has 122 valence electrons. The van der Waals surface area contributed by atoms with E-state index in [1.807, 2.05) is 37.3 Å². The summed E-state index contributed by atoms with van der Waals surface area (Å²) in [5.74, 6) is -1.24. The lowest BCUT2D eigenvalue weighted by molar-refractivity contribution is -0.147. The van der Waals surface area contributed by atoms with Gasteiger partial charge in [0.1, 0.15) is 5.71 Å². The van der Waals surface area contributed by atoms with Gasteiger partial charge in [0, 0.05) is 25.1 Å². The van der Waals surface area contributed by atoms with Gasteiger partial charge in [0.05, 0.1) is 0 Å². The number of hydrogen-bond donors (Lipinski definition) is 1. The number of ether oxygens (including phenoxy) is 1. The molecule has 23 heavy (non-hydrogen) atoms. The Kier molecular flexibility index (Phi) is 5.46. The molecule has 1 aromatic rings. The van der Waals surface area contributed by atoms with Crippen LogP contribution >= 0.6 is 0 Å². The zero-order valence-corrected chi connectivity index (χ0v) is 13.1. The van der Waals surface area contributed by atoms with Crippen molar-refractivity contribution in [2.45, 2.75) is 32.8 Å². The SMILES string of the molecule is CCN(C(=O)[C@H](C)OC(=O)C1=NNC(=O)CC1)c1ccccc1. The number of carbonyl (C=O) groups is 3. The Hall–Kier alpha value is -2.70. The fourth-order valence-corrected chi connectivity index (χ4v) is 2.19. The van der Waals surface area contributed by atoms with Crippen LogP contribution in [-0.4, -0.2) is 36.1 Å². The van der Waals surface area contributed by atoms with Gasteiger partial charge in [-0.1, -0.05) is 18.2 Å². The standard InChI is InChI=1S/C16H19N3O4/c1-3-19(12-7-5-4-6-8-12)15(21)11(2)23-16(22)13-9-10-14(20)18-17-13/h4-8,11H,3,9-10H2,1-2H3,(H,18,20)/t11-/m0/s1. The van der Waals surface area contributed by atoms with Gasteiger partial charge >= 0.3 is 5.97 Å². The Labute approximate surface area is 134 Å². The Morgan fingerprint density at radius 1 is 1.30 bits per heavy atom. The highest BCUT2D eigenvalue weighted by Crippen LogP contribution is 2.15. The normalized spacial score (nSPS) is 15.2. The van der Waals surface area contributed by atoms with E-state index in [0.29, 0.717) is 6.54 Å². The van der Waals surface area contributed by atoms with E-state index in [1.165, 1.54) is 6.92 Å². The number of nitrogens with one attached hydrogen (secondary N) is 1. The first-order chi connectivity index (χ1) is 11.0. The van der Waals surface area contributed by atoms with Crippen LogP contribution in [0.1, 0.15) is 26.7 Å². The van der Waals surface area contributed by atoms with Crippen molar-refractivity contribution >= 4 is 29.2 Å². The Morgan fingerprint density at radius 2 is 2.00 bits per heavy atom. The lowest BCUT2D eigenvalue weighted by Gasteiger charge is -2.24. The lowest BCUT2D eigenvalue weighted by atomic mass is 10.2. The predicted octanol–water partition coefficient (Wildman–Crippen LogP) is 1.24. The van der Waals surface area contributed by atoms with Crippen LogP contribution in [-0.2, 0) is 19.1 Å². The minimum atomic E-state index is -0.942. The predicted molar refractivity (Wildman–Crippen MR) is 84.8 cm³/mol. The van der Waals surface area contributed by atoms with E-state index < -0.39 is 12.1 Å². The summed E-state index contributed by atoms with van der Waals surface area (Å²) in [4.78, 5) is 37.0. The second-order valence-corrected chi connectivity index (χ2v) is 5.06. The van der Waals surface area contributed by atoms with Gasteiger partial charge < -0.3 is 9.64 Å². The van der Waals surface area contributed by atoms with Crippen LogP contribution in [0, 0.1) is 0 Å². The van der Waals surface area contributed by atoms with E-state index >= 15 is 0 Å². The van der Waals surface area contributed by atoms with Crippen molar-refractivity contribution in [2.75, 3.05) is 11.4 Å². The molecule has 1 N–H and O–H groups in total. The molecule has 7 heteroatoms. The van der Waals surface area contributed by atoms with Crippen molar-refractivity contribution in [3.8, 4) is 0 Å². The van der Waals surface area contributed by atoms with Crippen molar-refractivity contribution in [1.29, 1.82) is 0 Å². The summed E-state index contributed by atoms with van der Waals surface area (Å²) in [6.45, 7) is 3.83. The van der Waals surface area contributed by atoms with Crippen LogP contribution in [0.2, 0.25) is 0 Å². The first kappa shape index (κ1) is 16.7. The molecule has 2 amide bonds. The van der Waals surface area contributed by atoms with Crippen molar-refractivity contribution in [3.05, 3.63) is 30.3 Å². The zero-order valence-electron chi connectivity index (χ0n) is 13.1. The summed E-state index contributed by atoms with van der Waals surface area (Å²) in [5.41, 5.74) is 3.09. The third kappa shape index (κ3) is 4.15. The van der Waals surface area contributed by atoms with Gasteiger partial charge in [-0.3, -0.25) is 9.59 Å². The van der Waals surface area contributed by atoms with Gasteiger partial charge in [0.2, 0.25) is 5.91 Å². The summed E-state index contributed by atoms with van der Waals surface area (Å²) in [7, 11) is 0. The molecule has 0 bridgehead atoms. The number of nitrogens with zero attached hydrogens (tertiary/aromatic N) is 2. The molecule has 0 radical (unpaired) electrons. The van der Waals surface area contributed by atoms with Crippen LogP contribution in [0.5, 0.6) is 0 Å². The monoisotopic (exact) mass is 317 g/mol. The van der Waals surface area contributed by atoms with E-state index in [9.17, 15) is 14.4 Å². The molecule has 1 atom stereocenters. The first-order valence-corrected chi connectivity index (χ1v) is 7.45. The highest BCUT2D eigenvalue weighted by Gasteiger charge is 2.27. The molecule has 0 fully saturated rings. The molecule has 0 unspecified atom stereocenters. The van der Waals surface area contributed by atoms with Crippen molar-refractivity contribution in [3.63, 3.8) is 0 Å². The van der Waals surface area contributed by atoms with E-state index in [-0.39, 0.29) is 30.4 Å². The number of likely N-dealkylation sites (N-methyl/N-ethyl adjacent to an activating group) is 1. The summed E-state index contributed by atoms with van der Waals surface area (Å²) in [5, 5.41) is 3.66. The fourth-order valence-electron chi connectivity index (χ4n) is 2.19. The van der Waals surface area contributed by atoms with Gasteiger partial charge in [-0.15, -0.1) is 0 Å². The van der Waals surface area contributed by atoms with Crippen molar-refractivity contribution < 1.29 is 19.1 Å². The van der Waals surface area contributed by atoms with E-state index in [4.69, 9.17) is 4.74 Å². The van der Waals surface area contributed by atoms with Crippen LogP contribution < -0.4 is 10.3 Å². The third-order valence-corrected chi connectivity index (χ3v) is 3.42. The van der Waals surface area contributed by atoms with E-state index in [1.54, 1.807) is 4.90 Å². The number of para-hydroxylation sites is 1. The number of hydrogen-bond acceptors (Lipinski definition) is 5. The highest BCUT2D eigenvalue weighted by molar-refractivity contribution is 6.37. The first-order valence-electron chi connectivity index (χ1n) is 7.45. The number of hydrazone groups is 1. The molecule has 0 spiro atoms. The van der Waals surface area contributed by atoms with Gasteiger partial charge in [-0.05, 0) is 26.0 Å². The van der Waals surface area contributed by atoms with Gasteiger partial charge in [0.25, 0.3) is 5.91 Å². The van der Waals surface area contributed by atoms with Crippen LogP contribution in [0.4, 0.5) is 5.69 Å². The quantitative estimate of drug-likeness (QED) is 0.828. The lowest BCUT2D eigenvalue weighted by Crippen LogP contribution is -2.41. The van der Waals surface area contributed by atoms with E-state index in [0.717, 1.165) is 5.69 Å². The maximum absolute atomic E-state index is 12.5. The number of esters is 1. The van der Waals surface area contributed by atoms with Crippen LogP contribution in [0.25, 0.3) is 0 Å². The van der Waals surface area contributed by atoms with Gasteiger partial charge in [-0.2, -0.15) is 5.10 Å². The molecule has 0 aliphatic carbocycles. The molecule has 0 saturated carbocycles. The summed E-state index contributed by atoms with van der Waals surface area (Å²) >= 11 is 0. The molecule has 7 nitrogen and oxygen atoms in total. The van der Waals surface area contributed by atoms with Gasteiger partial charge in [-0.25, -0.2) is 10.2 Å². The molecule has 1 heterocycles. The topological polar surface area (TPSA) is 88.1 Å². The molecule has 1 aromatic carbocycles. The van der Waals surface area contributed by atoms with Crippen LogP contribution in [0.15, 0.2) is 35.4 Å². The summed E-state index contributed by atoms with van der Waals surface area (Å²) in [6.07, 6.45) is -0.550. The average molecular weight is 317 g/mol.